The van der Waals surface area contributed by atoms with Crippen molar-refractivity contribution in [2.24, 2.45) is 5.73 Å². The molecule has 2 aromatic rings. The molecule has 106 valence electrons. The summed E-state index contributed by atoms with van der Waals surface area (Å²) in [6, 6.07) is 6.24. The molecule has 1 aliphatic rings. The summed E-state index contributed by atoms with van der Waals surface area (Å²) < 4.78 is 0. The summed E-state index contributed by atoms with van der Waals surface area (Å²) in [5.41, 5.74) is 7.03. The SMILES string of the molecule is NCC(c1ccccn1)N1CCN(c2nccs2)CC1. The maximum atomic E-state index is 5.96. The number of pyridine rings is 1. The topological polar surface area (TPSA) is 58.3 Å². The number of anilines is 1. The molecule has 3 rings (SSSR count). The van der Waals surface area contributed by atoms with Gasteiger partial charge in [0, 0.05) is 50.5 Å². The molecular formula is C14H19N5S. The van der Waals surface area contributed by atoms with Crippen LogP contribution in [-0.4, -0.2) is 47.6 Å². The van der Waals surface area contributed by atoms with Crippen molar-refractivity contribution < 1.29 is 0 Å². The molecule has 20 heavy (non-hydrogen) atoms. The van der Waals surface area contributed by atoms with E-state index in [-0.39, 0.29) is 6.04 Å². The lowest BCUT2D eigenvalue weighted by Gasteiger charge is -2.38. The van der Waals surface area contributed by atoms with E-state index in [0.717, 1.165) is 37.0 Å². The Balaban J connectivity index is 1.65. The first-order valence-corrected chi connectivity index (χ1v) is 7.76. The van der Waals surface area contributed by atoms with Crippen LogP contribution in [0.4, 0.5) is 5.13 Å². The Morgan fingerprint density at radius 1 is 1.15 bits per heavy atom. The van der Waals surface area contributed by atoms with Gasteiger partial charge in [-0.2, -0.15) is 0 Å². The van der Waals surface area contributed by atoms with Gasteiger partial charge in [-0.15, -0.1) is 11.3 Å². The number of rotatable bonds is 4. The maximum Gasteiger partial charge on any atom is 0.185 e. The van der Waals surface area contributed by atoms with Gasteiger partial charge in [0.1, 0.15) is 0 Å². The van der Waals surface area contributed by atoms with Crippen LogP contribution in [-0.2, 0) is 0 Å². The number of hydrogen-bond donors (Lipinski definition) is 1. The molecule has 2 aromatic heterocycles. The maximum absolute atomic E-state index is 5.96. The second-order valence-corrected chi connectivity index (χ2v) is 5.72. The molecule has 2 N–H and O–H groups in total. The van der Waals surface area contributed by atoms with Crippen molar-refractivity contribution >= 4 is 16.5 Å². The zero-order valence-electron chi connectivity index (χ0n) is 11.4. The lowest BCUT2D eigenvalue weighted by Crippen LogP contribution is -2.49. The van der Waals surface area contributed by atoms with Gasteiger partial charge in [-0.1, -0.05) is 6.07 Å². The highest BCUT2D eigenvalue weighted by Gasteiger charge is 2.25. The third-order valence-electron chi connectivity index (χ3n) is 3.70. The van der Waals surface area contributed by atoms with Crippen molar-refractivity contribution in [2.75, 3.05) is 37.6 Å². The molecule has 0 bridgehead atoms. The van der Waals surface area contributed by atoms with E-state index in [1.165, 1.54) is 0 Å². The van der Waals surface area contributed by atoms with Gasteiger partial charge in [0.15, 0.2) is 5.13 Å². The second kappa shape index (κ2) is 6.30. The first-order valence-electron chi connectivity index (χ1n) is 6.88. The smallest absolute Gasteiger partial charge is 0.185 e. The summed E-state index contributed by atoms with van der Waals surface area (Å²) in [5, 5.41) is 3.14. The molecule has 1 fully saturated rings. The molecule has 5 nitrogen and oxygen atoms in total. The molecule has 6 heteroatoms. The highest BCUT2D eigenvalue weighted by molar-refractivity contribution is 7.13. The number of nitrogens with zero attached hydrogens (tertiary/aromatic N) is 4. The van der Waals surface area contributed by atoms with Crippen molar-refractivity contribution in [3.05, 3.63) is 41.7 Å². The third kappa shape index (κ3) is 2.82. The van der Waals surface area contributed by atoms with Gasteiger partial charge < -0.3 is 10.6 Å². The zero-order chi connectivity index (χ0) is 13.8. The van der Waals surface area contributed by atoms with E-state index in [9.17, 15) is 0 Å². The number of aromatic nitrogens is 2. The third-order valence-corrected chi connectivity index (χ3v) is 4.53. The summed E-state index contributed by atoms with van der Waals surface area (Å²) in [6.07, 6.45) is 3.70. The van der Waals surface area contributed by atoms with Crippen molar-refractivity contribution in [3.8, 4) is 0 Å². The van der Waals surface area contributed by atoms with E-state index in [0.29, 0.717) is 6.54 Å². The number of nitrogens with two attached hydrogens (primary N) is 1. The number of thiazole rings is 1. The van der Waals surface area contributed by atoms with Crippen molar-refractivity contribution in [3.63, 3.8) is 0 Å². The minimum atomic E-state index is 0.217. The predicted octanol–water partition coefficient (Wildman–Crippen LogP) is 1.36. The number of hydrogen-bond acceptors (Lipinski definition) is 6. The Morgan fingerprint density at radius 2 is 2.00 bits per heavy atom. The van der Waals surface area contributed by atoms with E-state index in [4.69, 9.17) is 5.73 Å². The van der Waals surface area contributed by atoms with Crippen molar-refractivity contribution in [2.45, 2.75) is 6.04 Å². The lowest BCUT2D eigenvalue weighted by molar-refractivity contribution is 0.187. The second-order valence-electron chi connectivity index (χ2n) is 4.84. The first kappa shape index (κ1) is 13.5. The molecule has 0 amide bonds. The van der Waals surface area contributed by atoms with Crippen molar-refractivity contribution in [1.29, 1.82) is 0 Å². The summed E-state index contributed by atoms with van der Waals surface area (Å²) in [4.78, 5) is 13.6. The minimum absolute atomic E-state index is 0.217. The quantitative estimate of drug-likeness (QED) is 0.921. The highest BCUT2D eigenvalue weighted by atomic mass is 32.1. The van der Waals surface area contributed by atoms with Crippen LogP contribution in [0.2, 0.25) is 0 Å². The van der Waals surface area contributed by atoms with Crippen LogP contribution in [0, 0.1) is 0 Å². The van der Waals surface area contributed by atoms with Crippen molar-refractivity contribution in [1.82, 2.24) is 14.9 Å². The molecule has 3 heterocycles. The standard InChI is InChI=1S/C14H19N5S/c15-11-13(12-3-1-2-4-16-12)18-6-8-19(9-7-18)14-17-5-10-20-14/h1-5,10,13H,6-9,11,15H2. The van der Waals surface area contributed by atoms with E-state index >= 15 is 0 Å². The van der Waals surface area contributed by atoms with Gasteiger partial charge in [0.2, 0.25) is 0 Å². The van der Waals surface area contributed by atoms with Crippen LogP contribution in [0.5, 0.6) is 0 Å². The average Bonchev–Trinajstić information content (AvgIpc) is 3.04. The Hall–Kier alpha value is -1.50. The normalized spacial score (nSPS) is 18.1. The average molecular weight is 289 g/mol. The lowest BCUT2D eigenvalue weighted by atomic mass is 10.1. The van der Waals surface area contributed by atoms with Crippen LogP contribution in [0.3, 0.4) is 0 Å². The van der Waals surface area contributed by atoms with E-state index in [1.807, 2.05) is 29.9 Å². The molecule has 0 spiro atoms. The Labute approximate surface area is 123 Å². The van der Waals surface area contributed by atoms with Gasteiger partial charge in [0.25, 0.3) is 0 Å². The number of piperazine rings is 1. The molecule has 0 saturated carbocycles. The van der Waals surface area contributed by atoms with Gasteiger partial charge in [-0.25, -0.2) is 4.98 Å². The predicted molar refractivity (Wildman–Crippen MR) is 81.9 cm³/mol. The summed E-state index contributed by atoms with van der Waals surface area (Å²) in [7, 11) is 0. The fraction of sp³-hybridized carbons (Fsp3) is 0.429. The van der Waals surface area contributed by atoms with Gasteiger partial charge in [-0.05, 0) is 12.1 Å². The first-order chi connectivity index (χ1) is 9.88. The Morgan fingerprint density at radius 3 is 2.60 bits per heavy atom. The summed E-state index contributed by atoms with van der Waals surface area (Å²) in [5.74, 6) is 0. The molecule has 1 atom stereocenters. The molecule has 1 saturated heterocycles. The summed E-state index contributed by atoms with van der Waals surface area (Å²) >= 11 is 1.70. The minimum Gasteiger partial charge on any atom is -0.346 e. The van der Waals surface area contributed by atoms with Gasteiger partial charge in [0.05, 0.1) is 11.7 Å². The fourth-order valence-electron chi connectivity index (χ4n) is 2.63. The van der Waals surface area contributed by atoms with E-state index in [1.54, 1.807) is 11.3 Å². The summed E-state index contributed by atoms with van der Waals surface area (Å²) in [6.45, 7) is 4.60. The van der Waals surface area contributed by atoms with Crippen LogP contribution in [0.1, 0.15) is 11.7 Å². The molecular weight excluding hydrogens is 270 g/mol. The van der Waals surface area contributed by atoms with E-state index in [2.05, 4.69) is 25.8 Å². The Kier molecular flexibility index (Phi) is 4.25. The molecule has 1 unspecified atom stereocenters. The van der Waals surface area contributed by atoms with E-state index < -0.39 is 0 Å². The largest absolute Gasteiger partial charge is 0.346 e. The molecule has 1 aliphatic heterocycles. The van der Waals surface area contributed by atoms with Crippen LogP contribution in [0.15, 0.2) is 36.0 Å². The highest BCUT2D eigenvalue weighted by Crippen LogP contribution is 2.23. The Bertz CT molecular complexity index is 508. The van der Waals surface area contributed by atoms with Crippen LogP contribution < -0.4 is 10.6 Å². The molecule has 0 aliphatic carbocycles. The molecule has 0 aromatic carbocycles. The van der Waals surface area contributed by atoms with Crippen LogP contribution >= 0.6 is 11.3 Å². The van der Waals surface area contributed by atoms with Gasteiger partial charge in [-0.3, -0.25) is 9.88 Å². The van der Waals surface area contributed by atoms with Crippen LogP contribution in [0.25, 0.3) is 0 Å². The van der Waals surface area contributed by atoms with Gasteiger partial charge >= 0.3 is 0 Å². The monoisotopic (exact) mass is 289 g/mol. The fourth-order valence-corrected chi connectivity index (χ4v) is 3.32. The zero-order valence-corrected chi connectivity index (χ0v) is 12.2. The molecule has 0 radical (unpaired) electrons.